The second-order valence-electron chi connectivity index (χ2n) is 8.39. The van der Waals surface area contributed by atoms with Crippen molar-refractivity contribution >= 4 is 23.2 Å². The Kier molecular flexibility index (Phi) is 5.78. The summed E-state index contributed by atoms with van der Waals surface area (Å²) >= 11 is 5.93. The summed E-state index contributed by atoms with van der Waals surface area (Å²) in [7, 11) is 0. The van der Waals surface area contributed by atoms with Crippen LogP contribution in [0.25, 0.3) is 0 Å². The molecular weight excluding hydrogens is 414 g/mol. The van der Waals surface area contributed by atoms with Crippen LogP contribution in [-0.2, 0) is 4.79 Å². The molecule has 0 radical (unpaired) electrons. The number of amides is 1. The highest BCUT2D eigenvalue weighted by molar-refractivity contribution is 6.30. The third-order valence-electron chi connectivity index (χ3n) is 5.12. The molecule has 2 unspecified atom stereocenters. The number of aromatic nitrogens is 3. The van der Waals surface area contributed by atoms with E-state index >= 15 is 0 Å². The fourth-order valence-electron chi connectivity index (χ4n) is 3.67. The second-order valence-corrected chi connectivity index (χ2v) is 8.83. The maximum absolute atomic E-state index is 13.3. The number of rotatable bonds is 5. The summed E-state index contributed by atoms with van der Waals surface area (Å²) in [4.78, 5) is 17.4. The first-order chi connectivity index (χ1) is 14.8. The van der Waals surface area contributed by atoms with Gasteiger partial charge in [-0.15, -0.1) is 0 Å². The molecule has 1 amide bonds. The highest BCUT2D eigenvalue weighted by atomic mass is 35.5. The van der Waals surface area contributed by atoms with E-state index < -0.39 is 0 Å². The number of ether oxygens (including phenoxy) is 1. The minimum Gasteiger partial charge on any atom is -0.484 e. The van der Waals surface area contributed by atoms with E-state index in [1.165, 1.54) is 11.3 Å². The molecule has 0 bridgehead atoms. The van der Waals surface area contributed by atoms with Gasteiger partial charge < -0.3 is 4.74 Å². The molecule has 8 heteroatoms. The summed E-state index contributed by atoms with van der Waals surface area (Å²) in [6.45, 7) is 6.10. The molecule has 0 saturated carbocycles. The Morgan fingerprint density at radius 1 is 1.06 bits per heavy atom. The van der Waals surface area contributed by atoms with E-state index in [0.717, 1.165) is 11.3 Å². The standard InChI is InChI=1S/C23H24ClN5O2/c1-23(2,3)22-21(28-15-25-14-26-28)20(16-7-5-4-6-8-16)29(27-22)19(30)13-31-18-11-9-17(24)10-12-18/h4-12,14-15,20-21H,13H2,1-3H3. The van der Waals surface area contributed by atoms with Crippen LogP contribution in [0.4, 0.5) is 0 Å². The van der Waals surface area contributed by atoms with Crippen LogP contribution < -0.4 is 4.74 Å². The molecule has 1 aliphatic rings. The fraction of sp³-hybridized carbons (Fsp3) is 0.304. The van der Waals surface area contributed by atoms with Gasteiger partial charge in [0.1, 0.15) is 30.5 Å². The van der Waals surface area contributed by atoms with Crippen molar-refractivity contribution in [2.45, 2.75) is 32.9 Å². The largest absolute Gasteiger partial charge is 0.484 e. The molecule has 2 heterocycles. The molecule has 3 aromatic rings. The molecule has 7 nitrogen and oxygen atoms in total. The van der Waals surface area contributed by atoms with Gasteiger partial charge in [-0.05, 0) is 29.8 Å². The van der Waals surface area contributed by atoms with Crippen LogP contribution in [-0.4, -0.2) is 38.0 Å². The van der Waals surface area contributed by atoms with Crippen molar-refractivity contribution in [2.24, 2.45) is 10.5 Å². The van der Waals surface area contributed by atoms with Crippen LogP contribution in [0.15, 0.2) is 72.4 Å². The average Bonchev–Trinajstić information content (AvgIpc) is 3.41. The average molecular weight is 438 g/mol. The van der Waals surface area contributed by atoms with Gasteiger partial charge in [-0.2, -0.15) is 10.2 Å². The molecule has 0 saturated heterocycles. The van der Waals surface area contributed by atoms with Gasteiger partial charge in [-0.3, -0.25) is 4.79 Å². The fourth-order valence-corrected chi connectivity index (χ4v) is 3.80. The van der Waals surface area contributed by atoms with Crippen molar-refractivity contribution in [2.75, 3.05) is 6.61 Å². The van der Waals surface area contributed by atoms with Gasteiger partial charge >= 0.3 is 0 Å². The lowest BCUT2D eigenvalue weighted by Gasteiger charge is -2.29. The third kappa shape index (κ3) is 4.46. The van der Waals surface area contributed by atoms with Crippen molar-refractivity contribution < 1.29 is 9.53 Å². The topological polar surface area (TPSA) is 72.6 Å². The first-order valence-electron chi connectivity index (χ1n) is 10.0. The van der Waals surface area contributed by atoms with Gasteiger partial charge in [0.15, 0.2) is 6.61 Å². The molecule has 0 aliphatic carbocycles. The van der Waals surface area contributed by atoms with Crippen LogP contribution in [0.3, 0.4) is 0 Å². The lowest BCUT2D eigenvalue weighted by molar-refractivity contribution is -0.135. The maximum Gasteiger partial charge on any atom is 0.281 e. The highest BCUT2D eigenvalue weighted by Crippen LogP contribution is 2.43. The van der Waals surface area contributed by atoms with E-state index in [1.807, 2.05) is 30.3 Å². The predicted octanol–water partition coefficient (Wildman–Crippen LogP) is 4.54. The number of hydrogen-bond donors (Lipinski definition) is 0. The number of halogens is 1. The van der Waals surface area contributed by atoms with Gasteiger partial charge in [-0.25, -0.2) is 14.7 Å². The van der Waals surface area contributed by atoms with E-state index in [0.29, 0.717) is 10.8 Å². The molecule has 0 spiro atoms. The van der Waals surface area contributed by atoms with Crippen molar-refractivity contribution in [1.82, 2.24) is 19.8 Å². The zero-order valence-electron chi connectivity index (χ0n) is 17.6. The lowest BCUT2D eigenvalue weighted by atomic mass is 9.82. The minimum absolute atomic E-state index is 0.143. The van der Waals surface area contributed by atoms with E-state index in [1.54, 1.807) is 35.3 Å². The summed E-state index contributed by atoms with van der Waals surface area (Å²) in [6, 6.07) is 16.1. The molecule has 160 valence electrons. The van der Waals surface area contributed by atoms with E-state index in [9.17, 15) is 4.79 Å². The zero-order chi connectivity index (χ0) is 22.0. The van der Waals surface area contributed by atoms with Crippen molar-refractivity contribution in [3.63, 3.8) is 0 Å². The van der Waals surface area contributed by atoms with Gasteiger partial charge in [-0.1, -0.05) is 62.7 Å². The highest BCUT2D eigenvalue weighted by Gasteiger charge is 2.46. The summed E-state index contributed by atoms with van der Waals surface area (Å²) in [5.41, 5.74) is 1.54. The Bertz CT molecular complexity index is 1060. The number of hydrogen-bond acceptors (Lipinski definition) is 5. The van der Waals surface area contributed by atoms with Gasteiger partial charge in [0.25, 0.3) is 5.91 Å². The first-order valence-corrected chi connectivity index (χ1v) is 10.4. The third-order valence-corrected chi connectivity index (χ3v) is 5.37. The second kappa shape index (κ2) is 8.51. The molecule has 0 N–H and O–H groups in total. The Morgan fingerprint density at radius 2 is 1.77 bits per heavy atom. The SMILES string of the molecule is CC(C)(C)C1=NN(C(=O)COc2ccc(Cl)cc2)C(c2ccccc2)C1n1cncn1. The van der Waals surface area contributed by atoms with Crippen LogP contribution in [0, 0.1) is 5.41 Å². The molecule has 31 heavy (non-hydrogen) atoms. The van der Waals surface area contributed by atoms with Crippen molar-refractivity contribution in [3.05, 3.63) is 77.8 Å². The Hall–Kier alpha value is -3.19. The Balaban J connectivity index is 1.68. The van der Waals surface area contributed by atoms with E-state index in [4.69, 9.17) is 21.4 Å². The zero-order valence-corrected chi connectivity index (χ0v) is 18.4. The van der Waals surface area contributed by atoms with Crippen molar-refractivity contribution in [1.29, 1.82) is 0 Å². The molecule has 4 rings (SSSR count). The molecule has 2 aromatic carbocycles. The molecule has 2 atom stereocenters. The number of carbonyl (C=O) groups is 1. The van der Waals surface area contributed by atoms with Gasteiger partial charge in [0.05, 0.1) is 5.71 Å². The number of benzene rings is 2. The predicted molar refractivity (Wildman–Crippen MR) is 119 cm³/mol. The van der Waals surface area contributed by atoms with Crippen LogP contribution in [0.1, 0.15) is 38.4 Å². The number of carbonyl (C=O) groups excluding carboxylic acids is 1. The van der Waals surface area contributed by atoms with Crippen LogP contribution in [0.2, 0.25) is 5.02 Å². The van der Waals surface area contributed by atoms with E-state index in [2.05, 4.69) is 30.9 Å². The Labute approximate surface area is 186 Å². The molecular formula is C23H24ClN5O2. The summed E-state index contributed by atoms with van der Waals surface area (Å²) < 4.78 is 7.49. The smallest absolute Gasteiger partial charge is 0.281 e. The van der Waals surface area contributed by atoms with Gasteiger partial charge in [0, 0.05) is 10.4 Å². The summed E-state index contributed by atoms with van der Waals surface area (Å²) in [5.74, 6) is 0.328. The van der Waals surface area contributed by atoms with E-state index in [-0.39, 0.29) is 30.0 Å². The summed E-state index contributed by atoms with van der Waals surface area (Å²) in [6.07, 6.45) is 3.16. The van der Waals surface area contributed by atoms with Gasteiger partial charge in [0.2, 0.25) is 0 Å². The molecule has 1 aromatic heterocycles. The number of hydrazone groups is 1. The lowest BCUT2D eigenvalue weighted by Crippen LogP contribution is -2.36. The normalized spacial score (nSPS) is 18.7. The van der Waals surface area contributed by atoms with Crippen molar-refractivity contribution in [3.8, 4) is 5.75 Å². The quantitative estimate of drug-likeness (QED) is 0.587. The Morgan fingerprint density at radius 3 is 2.39 bits per heavy atom. The molecule has 1 aliphatic heterocycles. The minimum atomic E-state index is -0.363. The van der Waals surface area contributed by atoms with Crippen LogP contribution in [0.5, 0.6) is 5.75 Å². The number of nitrogens with zero attached hydrogens (tertiary/aromatic N) is 5. The maximum atomic E-state index is 13.3. The monoisotopic (exact) mass is 437 g/mol. The van der Waals surface area contributed by atoms with Crippen LogP contribution >= 0.6 is 11.6 Å². The summed E-state index contributed by atoms with van der Waals surface area (Å²) in [5, 5.41) is 11.3. The first kappa shape index (κ1) is 21.1. The molecule has 0 fully saturated rings.